The number of carbonyl (C=O) groups excluding carboxylic acids is 1. The Kier molecular flexibility index (Phi) is 3.76. The van der Waals surface area contributed by atoms with Gasteiger partial charge in [0.1, 0.15) is 0 Å². The van der Waals surface area contributed by atoms with Crippen LogP contribution in [0.15, 0.2) is 41.3 Å². The number of benzene rings is 2. The van der Waals surface area contributed by atoms with Gasteiger partial charge >= 0.3 is 0 Å². The van der Waals surface area contributed by atoms with Gasteiger partial charge in [0.25, 0.3) is 5.91 Å². The first kappa shape index (κ1) is 13.8. The summed E-state index contributed by atoms with van der Waals surface area (Å²) in [6.07, 6.45) is 0. The Balaban J connectivity index is 1.80. The molecule has 0 bridgehead atoms. The van der Waals surface area contributed by atoms with Crippen LogP contribution in [0.3, 0.4) is 0 Å². The van der Waals surface area contributed by atoms with E-state index >= 15 is 0 Å². The van der Waals surface area contributed by atoms with Crippen LogP contribution in [0.2, 0.25) is 0 Å². The van der Waals surface area contributed by atoms with E-state index in [0.29, 0.717) is 12.2 Å². The maximum absolute atomic E-state index is 13.1. The number of nitrogens with one attached hydrogen (secondary N) is 3. The van der Waals surface area contributed by atoms with Gasteiger partial charge in [-0.25, -0.2) is 13.5 Å². The van der Waals surface area contributed by atoms with Gasteiger partial charge in [0.05, 0.1) is 12.4 Å². The largest absolute Gasteiger partial charge is 0.371 e. The minimum Gasteiger partial charge on any atom is -0.371 e. The highest BCUT2D eigenvalue weighted by Gasteiger charge is 2.13. The summed E-state index contributed by atoms with van der Waals surface area (Å²) >= 11 is 1.43. The highest BCUT2D eigenvalue weighted by Crippen LogP contribution is 2.29. The molecule has 1 aliphatic rings. The Labute approximate surface area is 124 Å². The fourth-order valence-corrected chi connectivity index (χ4v) is 2.65. The van der Waals surface area contributed by atoms with E-state index in [-0.39, 0.29) is 11.6 Å². The number of anilines is 2. The lowest BCUT2D eigenvalue weighted by atomic mass is 10.2. The van der Waals surface area contributed by atoms with Crippen LogP contribution in [0.25, 0.3) is 0 Å². The maximum atomic E-state index is 13.1. The molecule has 2 aromatic carbocycles. The van der Waals surface area contributed by atoms with E-state index in [0.717, 1.165) is 22.7 Å². The van der Waals surface area contributed by atoms with Gasteiger partial charge in [0.2, 0.25) is 0 Å². The number of amides is 1. The third-order valence-corrected chi connectivity index (χ3v) is 3.80. The molecule has 0 atom stereocenters. The number of rotatable bonds is 2. The first-order valence-electron chi connectivity index (χ1n) is 6.17. The number of carbonyl (C=O) groups is 1. The lowest BCUT2D eigenvalue weighted by Gasteiger charge is -2.18. The van der Waals surface area contributed by atoms with Crippen molar-refractivity contribution in [2.45, 2.75) is 4.90 Å². The molecule has 0 radical (unpaired) electrons. The maximum Gasteiger partial charge on any atom is 0.255 e. The Hall–Kier alpha value is -2.12. The van der Waals surface area contributed by atoms with Crippen LogP contribution in [0.1, 0.15) is 10.4 Å². The molecule has 1 amide bonds. The zero-order valence-corrected chi connectivity index (χ0v) is 11.6. The number of fused-ring (bicyclic) bond motifs is 1. The summed E-state index contributed by atoms with van der Waals surface area (Å²) in [6.45, 7) is 0.651. The van der Waals surface area contributed by atoms with Gasteiger partial charge in [-0.15, -0.1) is 0 Å². The molecule has 0 saturated heterocycles. The minimum absolute atomic E-state index is 0.209. The molecule has 0 unspecified atom stereocenters. The Bertz CT molecular complexity index is 709. The molecule has 108 valence electrons. The van der Waals surface area contributed by atoms with Crippen molar-refractivity contribution in [3.63, 3.8) is 0 Å². The summed E-state index contributed by atoms with van der Waals surface area (Å²) in [5.41, 5.74) is 1.60. The van der Waals surface area contributed by atoms with E-state index in [9.17, 15) is 13.6 Å². The van der Waals surface area contributed by atoms with Gasteiger partial charge in [-0.2, -0.15) is 0 Å². The molecular weight excluding hydrogens is 296 g/mol. The fourth-order valence-electron chi connectivity index (χ4n) is 1.92. The van der Waals surface area contributed by atoms with E-state index in [1.54, 1.807) is 12.1 Å². The highest BCUT2D eigenvalue weighted by atomic mass is 32.2. The normalized spacial score (nSPS) is 13.2. The van der Waals surface area contributed by atoms with Crippen LogP contribution in [0.5, 0.6) is 0 Å². The van der Waals surface area contributed by atoms with E-state index in [1.807, 2.05) is 6.07 Å². The second-order valence-electron chi connectivity index (χ2n) is 4.39. The average Bonchev–Trinajstić information content (AvgIpc) is 2.50. The molecule has 2 aromatic rings. The quantitative estimate of drug-likeness (QED) is 0.746. The first-order valence-corrected chi connectivity index (χ1v) is 6.99. The van der Waals surface area contributed by atoms with Crippen molar-refractivity contribution in [2.75, 3.05) is 17.3 Å². The van der Waals surface area contributed by atoms with Crippen molar-refractivity contribution in [1.29, 1.82) is 0 Å². The monoisotopic (exact) mass is 307 g/mol. The van der Waals surface area contributed by atoms with Crippen molar-refractivity contribution in [2.24, 2.45) is 0 Å². The van der Waals surface area contributed by atoms with Crippen molar-refractivity contribution in [3.05, 3.63) is 53.6 Å². The molecule has 1 aliphatic heterocycles. The van der Waals surface area contributed by atoms with Gasteiger partial charge in [-0.05, 0) is 42.3 Å². The smallest absolute Gasteiger partial charge is 0.255 e. The Morgan fingerprint density at radius 2 is 2.00 bits per heavy atom. The van der Waals surface area contributed by atoms with Gasteiger partial charge in [0.15, 0.2) is 11.6 Å². The molecule has 3 N–H and O–H groups in total. The number of hydrogen-bond donors (Lipinski definition) is 3. The molecule has 4 nitrogen and oxygen atoms in total. The van der Waals surface area contributed by atoms with Crippen LogP contribution >= 0.6 is 11.9 Å². The van der Waals surface area contributed by atoms with Crippen LogP contribution in [0, 0.1) is 11.6 Å². The number of hydrogen-bond acceptors (Lipinski definition) is 4. The molecule has 0 aromatic heterocycles. The van der Waals surface area contributed by atoms with Gasteiger partial charge in [0, 0.05) is 22.2 Å². The van der Waals surface area contributed by atoms with Crippen LogP contribution in [-0.4, -0.2) is 12.6 Å². The lowest BCUT2D eigenvalue weighted by Crippen LogP contribution is -2.21. The Morgan fingerprint density at radius 3 is 2.81 bits per heavy atom. The van der Waals surface area contributed by atoms with Crippen molar-refractivity contribution in [1.82, 2.24) is 4.72 Å². The van der Waals surface area contributed by atoms with Crippen molar-refractivity contribution in [3.8, 4) is 0 Å². The molecule has 7 heteroatoms. The first-order chi connectivity index (χ1) is 10.1. The summed E-state index contributed by atoms with van der Waals surface area (Å²) in [7, 11) is 0. The average molecular weight is 307 g/mol. The molecule has 3 rings (SSSR count). The van der Waals surface area contributed by atoms with Crippen LogP contribution in [0.4, 0.5) is 20.2 Å². The van der Waals surface area contributed by atoms with E-state index in [4.69, 9.17) is 0 Å². The van der Waals surface area contributed by atoms with Crippen LogP contribution < -0.4 is 15.4 Å². The topological polar surface area (TPSA) is 53.2 Å². The van der Waals surface area contributed by atoms with Gasteiger partial charge in [-0.1, -0.05) is 0 Å². The predicted molar refractivity (Wildman–Crippen MR) is 78.2 cm³/mol. The molecule has 0 aliphatic carbocycles. The van der Waals surface area contributed by atoms with E-state index in [1.165, 1.54) is 18.0 Å². The summed E-state index contributed by atoms with van der Waals surface area (Å²) in [5.74, 6) is -2.33. The van der Waals surface area contributed by atoms with E-state index < -0.39 is 11.6 Å². The molecule has 0 fully saturated rings. The molecule has 1 heterocycles. The second kappa shape index (κ2) is 5.71. The van der Waals surface area contributed by atoms with Crippen molar-refractivity contribution >= 4 is 29.2 Å². The zero-order valence-electron chi connectivity index (χ0n) is 10.7. The third-order valence-electron chi connectivity index (χ3n) is 2.95. The number of halogens is 2. The highest BCUT2D eigenvalue weighted by molar-refractivity contribution is 7.97. The lowest BCUT2D eigenvalue weighted by molar-refractivity contribution is 0.102. The summed E-state index contributed by atoms with van der Waals surface area (Å²) in [6, 6.07) is 8.45. The van der Waals surface area contributed by atoms with Gasteiger partial charge in [-0.3, -0.25) is 4.79 Å². The zero-order chi connectivity index (χ0) is 14.8. The van der Waals surface area contributed by atoms with Crippen molar-refractivity contribution < 1.29 is 13.6 Å². The summed E-state index contributed by atoms with van der Waals surface area (Å²) in [5, 5.41) is 5.67. The van der Waals surface area contributed by atoms with Gasteiger partial charge < -0.3 is 10.6 Å². The SMILES string of the molecule is O=C(Nc1ccc(F)c(F)c1)c1ccc2c(c1)SNCN2. The molecular formula is C14H11F2N3OS. The minimum atomic E-state index is -0.998. The van der Waals surface area contributed by atoms with Crippen LogP contribution in [-0.2, 0) is 0 Å². The molecule has 0 saturated carbocycles. The fraction of sp³-hybridized carbons (Fsp3) is 0.0714. The predicted octanol–water partition coefficient (Wildman–Crippen LogP) is 3.20. The standard InChI is InChI=1S/C14H11F2N3OS/c15-10-3-2-9(6-11(10)16)19-14(20)8-1-4-12-13(5-8)21-18-7-17-12/h1-6,17-18H,7H2,(H,19,20). The Morgan fingerprint density at radius 1 is 1.14 bits per heavy atom. The summed E-state index contributed by atoms with van der Waals surface area (Å²) in [4.78, 5) is 13.0. The summed E-state index contributed by atoms with van der Waals surface area (Å²) < 4.78 is 29.0. The second-order valence-corrected chi connectivity index (χ2v) is 5.33. The molecule has 0 spiro atoms. The van der Waals surface area contributed by atoms with E-state index in [2.05, 4.69) is 15.4 Å². The molecule has 21 heavy (non-hydrogen) atoms. The third kappa shape index (κ3) is 2.98.